The molecule has 1 fully saturated rings. The second kappa shape index (κ2) is 6.18. The highest BCUT2D eigenvalue weighted by Crippen LogP contribution is 2.19. The maximum Gasteiger partial charge on any atom is 0.249 e. The van der Waals surface area contributed by atoms with Crippen molar-refractivity contribution in [3.05, 3.63) is 0 Å². The van der Waals surface area contributed by atoms with Crippen LogP contribution in [0.25, 0.3) is 0 Å². The van der Waals surface area contributed by atoms with Crippen LogP contribution in [0.2, 0.25) is 0 Å². The van der Waals surface area contributed by atoms with Crippen molar-refractivity contribution in [2.24, 2.45) is 0 Å². The third kappa shape index (κ3) is 3.43. The molecular formula is C11H21NO4. The number of carbonyl (C=O) groups is 1. The van der Waals surface area contributed by atoms with Crippen molar-refractivity contribution in [2.75, 3.05) is 14.2 Å². The van der Waals surface area contributed by atoms with Crippen LogP contribution >= 0.6 is 0 Å². The van der Waals surface area contributed by atoms with E-state index in [-0.39, 0.29) is 24.2 Å². The van der Waals surface area contributed by atoms with E-state index in [4.69, 9.17) is 14.2 Å². The maximum absolute atomic E-state index is 11.8. The number of amides is 1. The second-order valence-electron chi connectivity index (χ2n) is 4.15. The summed E-state index contributed by atoms with van der Waals surface area (Å²) in [6.45, 7) is 3.82. The highest BCUT2D eigenvalue weighted by molar-refractivity contribution is 5.81. The van der Waals surface area contributed by atoms with Gasteiger partial charge >= 0.3 is 0 Å². The van der Waals surface area contributed by atoms with Gasteiger partial charge in [0.15, 0.2) is 6.29 Å². The number of ether oxygens (including phenoxy) is 3. The second-order valence-corrected chi connectivity index (χ2v) is 4.15. The van der Waals surface area contributed by atoms with Crippen molar-refractivity contribution >= 4 is 5.91 Å². The van der Waals surface area contributed by atoms with Crippen LogP contribution < -0.4 is 5.32 Å². The molecule has 1 aliphatic heterocycles. The summed E-state index contributed by atoms with van der Waals surface area (Å²) in [6, 6.07) is -0.193. The van der Waals surface area contributed by atoms with Crippen LogP contribution in [0.5, 0.6) is 0 Å². The van der Waals surface area contributed by atoms with Gasteiger partial charge in [-0.2, -0.15) is 0 Å². The quantitative estimate of drug-likeness (QED) is 0.707. The molecule has 0 radical (unpaired) electrons. The number of methoxy groups -OCH3 is 2. The third-order valence-corrected chi connectivity index (χ3v) is 2.77. The van der Waals surface area contributed by atoms with E-state index in [2.05, 4.69) is 5.32 Å². The Morgan fingerprint density at radius 3 is 2.44 bits per heavy atom. The Morgan fingerprint density at radius 2 is 2.00 bits per heavy atom. The predicted molar refractivity (Wildman–Crippen MR) is 59.0 cm³/mol. The van der Waals surface area contributed by atoms with E-state index in [9.17, 15) is 4.79 Å². The zero-order valence-electron chi connectivity index (χ0n) is 10.4. The molecule has 0 bridgehead atoms. The standard InChI is InChI=1S/C11H21NO4/c1-7-5-6-9(16-7)10(13)12-8(2)11(14-3)15-4/h7-9,11H,5-6H2,1-4H3,(H,12,13). The molecule has 1 amide bonds. The first-order valence-electron chi connectivity index (χ1n) is 5.60. The Hall–Kier alpha value is -0.650. The molecule has 0 aromatic rings. The van der Waals surface area contributed by atoms with Crippen LogP contribution in [0.3, 0.4) is 0 Å². The summed E-state index contributed by atoms with van der Waals surface area (Å²) in [5, 5.41) is 2.83. The average molecular weight is 231 g/mol. The van der Waals surface area contributed by atoms with Gasteiger partial charge in [0.05, 0.1) is 12.1 Å². The zero-order chi connectivity index (χ0) is 12.1. The fourth-order valence-electron chi connectivity index (χ4n) is 1.89. The summed E-state index contributed by atoms with van der Waals surface area (Å²) in [5.41, 5.74) is 0. The van der Waals surface area contributed by atoms with Gasteiger partial charge in [-0.3, -0.25) is 4.79 Å². The molecule has 5 nitrogen and oxygen atoms in total. The molecule has 3 unspecified atom stereocenters. The minimum Gasteiger partial charge on any atom is -0.365 e. The van der Waals surface area contributed by atoms with Crippen molar-refractivity contribution in [3.8, 4) is 0 Å². The first-order chi connectivity index (χ1) is 7.58. The number of rotatable bonds is 5. The van der Waals surface area contributed by atoms with Crippen LogP contribution in [-0.4, -0.2) is 44.7 Å². The molecule has 1 saturated heterocycles. The zero-order valence-corrected chi connectivity index (χ0v) is 10.4. The Labute approximate surface area is 96.4 Å². The van der Waals surface area contributed by atoms with Gasteiger partial charge < -0.3 is 19.5 Å². The van der Waals surface area contributed by atoms with Gasteiger partial charge in [0.1, 0.15) is 6.10 Å². The van der Waals surface area contributed by atoms with E-state index < -0.39 is 6.29 Å². The van der Waals surface area contributed by atoms with Gasteiger partial charge in [-0.25, -0.2) is 0 Å². The third-order valence-electron chi connectivity index (χ3n) is 2.77. The molecule has 5 heteroatoms. The van der Waals surface area contributed by atoms with Gasteiger partial charge in [0, 0.05) is 14.2 Å². The van der Waals surface area contributed by atoms with Crippen LogP contribution in [-0.2, 0) is 19.0 Å². The molecule has 1 N–H and O–H groups in total. The Kier molecular flexibility index (Phi) is 5.18. The van der Waals surface area contributed by atoms with Crippen LogP contribution in [0.15, 0.2) is 0 Å². The molecule has 16 heavy (non-hydrogen) atoms. The van der Waals surface area contributed by atoms with Crippen molar-refractivity contribution in [1.82, 2.24) is 5.32 Å². The van der Waals surface area contributed by atoms with Gasteiger partial charge in [0.25, 0.3) is 0 Å². The molecule has 0 aliphatic carbocycles. The van der Waals surface area contributed by atoms with E-state index in [1.54, 1.807) is 14.2 Å². The monoisotopic (exact) mass is 231 g/mol. The first kappa shape index (κ1) is 13.4. The summed E-state index contributed by atoms with van der Waals surface area (Å²) in [4.78, 5) is 11.8. The normalized spacial score (nSPS) is 27.1. The number of carbonyl (C=O) groups excluding carboxylic acids is 1. The first-order valence-corrected chi connectivity index (χ1v) is 5.60. The lowest BCUT2D eigenvalue weighted by molar-refractivity contribution is -0.143. The minimum atomic E-state index is -0.428. The molecule has 0 saturated carbocycles. The van der Waals surface area contributed by atoms with E-state index in [1.807, 2.05) is 13.8 Å². The Bertz CT molecular complexity index is 230. The lowest BCUT2D eigenvalue weighted by Gasteiger charge is -2.23. The fourth-order valence-corrected chi connectivity index (χ4v) is 1.89. The molecule has 1 heterocycles. The van der Waals surface area contributed by atoms with Crippen molar-refractivity contribution in [2.45, 2.75) is 51.2 Å². The SMILES string of the molecule is COC(OC)C(C)NC(=O)C1CCC(C)O1. The topological polar surface area (TPSA) is 56.8 Å². The number of hydrogen-bond acceptors (Lipinski definition) is 4. The summed E-state index contributed by atoms with van der Waals surface area (Å²) in [7, 11) is 3.09. The predicted octanol–water partition coefficient (Wildman–Crippen LogP) is 0.677. The number of nitrogens with one attached hydrogen (secondary N) is 1. The molecule has 0 aromatic carbocycles. The maximum atomic E-state index is 11.8. The molecule has 3 atom stereocenters. The van der Waals surface area contributed by atoms with Gasteiger partial charge in [-0.1, -0.05) is 0 Å². The Balaban J connectivity index is 2.38. The van der Waals surface area contributed by atoms with Gasteiger partial charge in [-0.15, -0.1) is 0 Å². The van der Waals surface area contributed by atoms with Crippen molar-refractivity contribution < 1.29 is 19.0 Å². The molecule has 1 aliphatic rings. The lowest BCUT2D eigenvalue weighted by atomic mass is 10.2. The fraction of sp³-hybridized carbons (Fsp3) is 0.909. The molecule has 94 valence electrons. The van der Waals surface area contributed by atoms with Gasteiger partial charge in [0.2, 0.25) is 5.91 Å². The van der Waals surface area contributed by atoms with E-state index in [1.165, 1.54) is 0 Å². The summed E-state index contributed by atoms with van der Waals surface area (Å²) < 4.78 is 15.6. The molecule has 0 aromatic heterocycles. The van der Waals surface area contributed by atoms with Crippen LogP contribution in [0, 0.1) is 0 Å². The van der Waals surface area contributed by atoms with E-state index in [0.717, 1.165) is 12.8 Å². The summed E-state index contributed by atoms with van der Waals surface area (Å²) in [6.07, 6.45) is 1.13. The summed E-state index contributed by atoms with van der Waals surface area (Å²) in [5.74, 6) is -0.0871. The van der Waals surface area contributed by atoms with E-state index in [0.29, 0.717) is 0 Å². The van der Waals surface area contributed by atoms with E-state index >= 15 is 0 Å². The minimum absolute atomic E-state index is 0.0871. The highest BCUT2D eigenvalue weighted by Gasteiger charge is 2.30. The van der Waals surface area contributed by atoms with Crippen LogP contribution in [0.4, 0.5) is 0 Å². The average Bonchev–Trinajstić information content (AvgIpc) is 2.66. The molecule has 0 spiro atoms. The largest absolute Gasteiger partial charge is 0.365 e. The highest BCUT2D eigenvalue weighted by atomic mass is 16.7. The van der Waals surface area contributed by atoms with Crippen molar-refractivity contribution in [1.29, 1.82) is 0 Å². The smallest absolute Gasteiger partial charge is 0.249 e. The van der Waals surface area contributed by atoms with Gasteiger partial charge in [-0.05, 0) is 26.7 Å². The number of hydrogen-bond donors (Lipinski definition) is 1. The molecule has 1 rings (SSSR count). The lowest BCUT2D eigenvalue weighted by Crippen LogP contribution is -2.46. The Morgan fingerprint density at radius 1 is 1.38 bits per heavy atom. The van der Waals surface area contributed by atoms with Crippen molar-refractivity contribution in [3.63, 3.8) is 0 Å². The molecular weight excluding hydrogens is 210 g/mol. The summed E-state index contributed by atoms with van der Waals surface area (Å²) >= 11 is 0. The van der Waals surface area contributed by atoms with Crippen LogP contribution in [0.1, 0.15) is 26.7 Å².